The quantitative estimate of drug-likeness (QED) is 0.779. The van der Waals surface area contributed by atoms with Gasteiger partial charge in [-0.3, -0.25) is 0 Å². The maximum atomic E-state index is 11.5. The summed E-state index contributed by atoms with van der Waals surface area (Å²) in [7, 11) is 0. The van der Waals surface area contributed by atoms with E-state index in [0.717, 1.165) is 29.5 Å². The Morgan fingerprint density at radius 2 is 2.00 bits per heavy atom. The Labute approximate surface area is 141 Å². The Balaban J connectivity index is 1.69. The third-order valence-electron chi connectivity index (χ3n) is 3.15. The summed E-state index contributed by atoms with van der Waals surface area (Å²) in [6.45, 7) is 7.46. The number of furan rings is 1. The van der Waals surface area contributed by atoms with Crippen LogP contribution in [0, 0.1) is 0 Å². The van der Waals surface area contributed by atoms with Crippen molar-refractivity contribution in [3.63, 3.8) is 0 Å². The number of hydrogen-bond donors (Lipinski definition) is 2. The molecule has 0 unspecified atom stereocenters. The van der Waals surface area contributed by atoms with Gasteiger partial charge < -0.3 is 19.8 Å². The van der Waals surface area contributed by atoms with Crippen molar-refractivity contribution < 1.29 is 13.9 Å². The smallest absolute Gasteiger partial charge is 0.407 e. The van der Waals surface area contributed by atoms with Gasteiger partial charge in [0.05, 0.1) is 0 Å². The molecule has 6 heteroatoms. The molecule has 0 aliphatic heterocycles. The number of para-hydroxylation sites is 1. The topological polar surface area (TPSA) is 63.5 Å². The number of fused-ring (bicyclic) bond motifs is 1. The van der Waals surface area contributed by atoms with Crippen LogP contribution in [-0.2, 0) is 11.3 Å². The van der Waals surface area contributed by atoms with E-state index in [4.69, 9.17) is 20.8 Å². The first-order valence-corrected chi connectivity index (χ1v) is 8.08. The van der Waals surface area contributed by atoms with Crippen molar-refractivity contribution in [1.82, 2.24) is 10.6 Å². The van der Waals surface area contributed by atoms with Gasteiger partial charge >= 0.3 is 6.09 Å². The van der Waals surface area contributed by atoms with Gasteiger partial charge in [-0.1, -0.05) is 18.2 Å². The first kappa shape index (κ1) is 17.6. The van der Waals surface area contributed by atoms with Gasteiger partial charge in [0.15, 0.2) is 5.22 Å². The first-order valence-electron chi connectivity index (χ1n) is 7.70. The molecule has 1 aromatic heterocycles. The predicted octanol–water partition coefficient (Wildman–Crippen LogP) is 4.09. The van der Waals surface area contributed by atoms with Crippen molar-refractivity contribution in [2.24, 2.45) is 0 Å². The number of ether oxygens (including phenoxy) is 1. The van der Waals surface area contributed by atoms with E-state index < -0.39 is 5.60 Å². The van der Waals surface area contributed by atoms with E-state index >= 15 is 0 Å². The monoisotopic (exact) mass is 338 g/mol. The molecule has 2 rings (SSSR count). The van der Waals surface area contributed by atoms with E-state index in [2.05, 4.69) is 10.6 Å². The summed E-state index contributed by atoms with van der Waals surface area (Å²) in [6, 6.07) is 7.77. The van der Waals surface area contributed by atoms with Crippen LogP contribution < -0.4 is 10.6 Å². The molecule has 1 heterocycles. The zero-order valence-corrected chi connectivity index (χ0v) is 14.5. The van der Waals surface area contributed by atoms with Crippen LogP contribution in [0.1, 0.15) is 32.8 Å². The molecule has 23 heavy (non-hydrogen) atoms. The molecular formula is C17H23ClN2O3. The second-order valence-corrected chi connectivity index (χ2v) is 6.65. The van der Waals surface area contributed by atoms with Gasteiger partial charge in [0.25, 0.3) is 0 Å². The molecule has 1 aromatic carbocycles. The number of alkyl carbamates (subject to hydrolysis) is 1. The van der Waals surface area contributed by atoms with Gasteiger partial charge in [-0.2, -0.15) is 0 Å². The summed E-state index contributed by atoms with van der Waals surface area (Å²) in [6.07, 6.45) is 0.411. The van der Waals surface area contributed by atoms with Crippen LogP contribution in [0.15, 0.2) is 28.7 Å². The summed E-state index contributed by atoms with van der Waals surface area (Å²) in [5.41, 5.74) is 1.28. The highest BCUT2D eigenvalue weighted by Crippen LogP contribution is 2.29. The van der Waals surface area contributed by atoms with E-state index in [-0.39, 0.29) is 6.09 Å². The average Bonchev–Trinajstić information content (AvgIpc) is 2.76. The van der Waals surface area contributed by atoms with Gasteiger partial charge in [0.1, 0.15) is 11.2 Å². The van der Waals surface area contributed by atoms with Crippen molar-refractivity contribution >= 4 is 28.7 Å². The fraction of sp³-hybridized carbons (Fsp3) is 0.471. The molecule has 126 valence electrons. The second kappa shape index (κ2) is 7.70. The molecule has 0 spiro atoms. The number of rotatable bonds is 6. The Bertz CT molecular complexity index is 661. The summed E-state index contributed by atoms with van der Waals surface area (Å²) in [5, 5.41) is 7.48. The Morgan fingerprint density at radius 1 is 1.26 bits per heavy atom. The lowest BCUT2D eigenvalue weighted by atomic mass is 10.2. The van der Waals surface area contributed by atoms with Crippen LogP contribution in [0.5, 0.6) is 0 Å². The lowest BCUT2D eigenvalue weighted by Crippen LogP contribution is -2.33. The lowest BCUT2D eigenvalue weighted by molar-refractivity contribution is 0.0527. The summed E-state index contributed by atoms with van der Waals surface area (Å²) >= 11 is 6.13. The number of carbonyl (C=O) groups excluding carboxylic acids is 1. The van der Waals surface area contributed by atoms with Gasteiger partial charge in [0.2, 0.25) is 0 Å². The molecule has 0 aliphatic carbocycles. The number of benzene rings is 1. The molecule has 0 fully saturated rings. The minimum atomic E-state index is -0.471. The largest absolute Gasteiger partial charge is 0.444 e. The fourth-order valence-electron chi connectivity index (χ4n) is 2.17. The highest BCUT2D eigenvalue weighted by atomic mass is 35.5. The third kappa shape index (κ3) is 5.44. The van der Waals surface area contributed by atoms with Gasteiger partial charge in [-0.05, 0) is 51.4 Å². The molecule has 2 aromatic rings. The Kier molecular flexibility index (Phi) is 5.91. The van der Waals surface area contributed by atoms with E-state index in [1.807, 2.05) is 45.0 Å². The van der Waals surface area contributed by atoms with Gasteiger partial charge in [0, 0.05) is 24.0 Å². The zero-order valence-electron chi connectivity index (χ0n) is 13.7. The summed E-state index contributed by atoms with van der Waals surface area (Å²) in [5.74, 6) is 0. The minimum absolute atomic E-state index is 0.388. The van der Waals surface area contributed by atoms with Crippen molar-refractivity contribution in [2.75, 3.05) is 13.1 Å². The van der Waals surface area contributed by atoms with E-state index in [9.17, 15) is 4.79 Å². The Morgan fingerprint density at radius 3 is 2.74 bits per heavy atom. The maximum absolute atomic E-state index is 11.5. The summed E-state index contributed by atoms with van der Waals surface area (Å²) in [4.78, 5) is 11.5. The molecule has 2 N–H and O–H groups in total. The van der Waals surface area contributed by atoms with Crippen LogP contribution >= 0.6 is 11.6 Å². The SMILES string of the molecule is CC(C)(C)OC(=O)NCCCNCc1c(Cl)oc2ccccc12. The molecule has 0 radical (unpaired) electrons. The van der Waals surface area contributed by atoms with Crippen molar-refractivity contribution in [2.45, 2.75) is 39.3 Å². The number of nitrogens with one attached hydrogen (secondary N) is 2. The second-order valence-electron chi connectivity index (χ2n) is 6.31. The maximum Gasteiger partial charge on any atom is 0.407 e. The predicted molar refractivity (Wildman–Crippen MR) is 91.8 cm³/mol. The number of halogens is 1. The van der Waals surface area contributed by atoms with Crippen LogP contribution in [0.4, 0.5) is 4.79 Å². The number of amides is 1. The molecule has 0 saturated heterocycles. The minimum Gasteiger partial charge on any atom is -0.444 e. The highest BCUT2D eigenvalue weighted by molar-refractivity contribution is 6.30. The summed E-state index contributed by atoms with van der Waals surface area (Å²) < 4.78 is 10.7. The highest BCUT2D eigenvalue weighted by Gasteiger charge is 2.15. The fourth-order valence-corrected chi connectivity index (χ4v) is 2.42. The third-order valence-corrected chi connectivity index (χ3v) is 3.45. The molecule has 0 bridgehead atoms. The van der Waals surface area contributed by atoms with E-state index in [1.165, 1.54) is 0 Å². The molecule has 0 saturated carbocycles. The van der Waals surface area contributed by atoms with Crippen molar-refractivity contribution in [1.29, 1.82) is 0 Å². The van der Waals surface area contributed by atoms with E-state index in [1.54, 1.807) is 0 Å². The molecule has 0 aliphatic rings. The number of hydrogen-bond acceptors (Lipinski definition) is 4. The average molecular weight is 339 g/mol. The van der Waals surface area contributed by atoms with Gasteiger partial charge in [-0.15, -0.1) is 0 Å². The number of carbonyl (C=O) groups is 1. The Hall–Kier alpha value is -1.72. The van der Waals surface area contributed by atoms with Crippen LogP contribution in [-0.4, -0.2) is 24.8 Å². The van der Waals surface area contributed by atoms with Crippen molar-refractivity contribution in [3.8, 4) is 0 Å². The van der Waals surface area contributed by atoms with Crippen LogP contribution in [0.25, 0.3) is 11.0 Å². The molecule has 0 atom stereocenters. The van der Waals surface area contributed by atoms with Gasteiger partial charge in [-0.25, -0.2) is 4.79 Å². The van der Waals surface area contributed by atoms with E-state index in [0.29, 0.717) is 18.3 Å². The first-order chi connectivity index (χ1) is 10.9. The molecule has 5 nitrogen and oxygen atoms in total. The molecular weight excluding hydrogens is 316 g/mol. The standard InChI is InChI=1S/C17H23ClN2O3/c1-17(2,3)23-16(21)20-10-6-9-19-11-13-12-7-4-5-8-14(12)22-15(13)18/h4-5,7-8,19H,6,9-11H2,1-3H3,(H,20,21). The normalized spacial score (nSPS) is 11.7. The molecule has 1 amide bonds. The van der Waals surface area contributed by atoms with Crippen molar-refractivity contribution in [3.05, 3.63) is 35.0 Å². The van der Waals surface area contributed by atoms with Crippen LogP contribution in [0.2, 0.25) is 5.22 Å². The lowest BCUT2D eigenvalue weighted by Gasteiger charge is -2.19. The zero-order chi connectivity index (χ0) is 16.9. The van der Waals surface area contributed by atoms with Crippen LogP contribution in [0.3, 0.4) is 0 Å².